The van der Waals surface area contributed by atoms with E-state index in [0.717, 1.165) is 45.8 Å². The molecule has 3 aliphatic rings. The third-order valence-electron chi connectivity index (χ3n) is 5.66. The smallest absolute Gasteiger partial charge is 0.226 e. The molecular formula is C17H26N4O2. The Hall–Kier alpha value is -1.40. The Bertz CT molecular complexity index is 581. The van der Waals surface area contributed by atoms with E-state index in [1.807, 2.05) is 24.1 Å². The van der Waals surface area contributed by atoms with Gasteiger partial charge < -0.3 is 9.64 Å². The fourth-order valence-corrected chi connectivity index (χ4v) is 4.22. The number of nitrogens with zero attached hydrogens (tertiary/aromatic N) is 4. The molecule has 4 unspecified atom stereocenters. The van der Waals surface area contributed by atoms with Crippen molar-refractivity contribution in [3.05, 3.63) is 18.0 Å². The third-order valence-corrected chi connectivity index (χ3v) is 5.66. The van der Waals surface area contributed by atoms with Crippen LogP contribution in [0.4, 0.5) is 0 Å². The SMILES string of the molecule is CC1CN(C(=O)C2CC2c2cnn(C)c2)CC1N1CCOCC1. The Morgan fingerprint density at radius 3 is 2.78 bits per heavy atom. The van der Waals surface area contributed by atoms with Gasteiger partial charge in [0.1, 0.15) is 0 Å². The van der Waals surface area contributed by atoms with Gasteiger partial charge in [0.15, 0.2) is 0 Å². The van der Waals surface area contributed by atoms with Crippen LogP contribution in [-0.4, -0.2) is 70.9 Å². The molecule has 3 heterocycles. The van der Waals surface area contributed by atoms with E-state index in [0.29, 0.717) is 23.8 Å². The van der Waals surface area contributed by atoms with Crippen LogP contribution in [0.25, 0.3) is 0 Å². The number of aromatic nitrogens is 2. The zero-order valence-corrected chi connectivity index (χ0v) is 14.0. The zero-order valence-electron chi connectivity index (χ0n) is 14.0. The molecule has 1 aromatic rings. The van der Waals surface area contributed by atoms with Crippen molar-refractivity contribution < 1.29 is 9.53 Å². The summed E-state index contributed by atoms with van der Waals surface area (Å²) < 4.78 is 7.27. The summed E-state index contributed by atoms with van der Waals surface area (Å²) in [6.07, 6.45) is 4.93. The Morgan fingerprint density at radius 1 is 1.30 bits per heavy atom. The summed E-state index contributed by atoms with van der Waals surface area (Å²) in [7, 11) is 1.93. The molecule has 126 valence electrons. The fraction of sp³-hybridized carbons (Fsp3) is 0.765. The highest BCUT2D eigenvalue weighted by atomic mass is 16.5. The molecule has 0 aromatic carbocycles. The van der Waals surface area contributed by atoms with Gasteiger partial charge in [0.05, 0.1) is 19.4 Å². The molecule has 2 saturated heterocycles. The van der Waals surface area contributed by atoms with Crippen molar-refractivity contribution in [1.82, 2.24) is 19.6 Å². The van der Waals surface area contributed by atoms with Crippen LogP contribution in [-0.2, 0) is 16.6 Å². The molecule has 1 aromatic heterocycles. The number of carbonyl (C=O) groups excluding carboxylic acids is 1. The van der Waals surface area contributed by atoms with Crippen molar-refractivity contribution >= 4 is 5.91 Å². The van der Waals surface area contributed by atoms with Gasteiger partial charge in [-0.1, -0.05) is 6.92 Å². The minimum absolute atomic E-state index is 0.176. The highest BCUT2D eigenvalue weighted by Gasteiger charge is 2.48. The zero-order chi connectivity index (χ0) is 16.0. The molecule has 4 atom stereocenters. The summed E-state index contributed by atoms with van der Waals surface area (Å²) in [6.45, 7) is 7.70. The van der Waals surface area contributed by atoms with Gasteiger partial charge in [-0.25, -0.2) is 0 Å². The molecule has 1 saturated carbocycles. The van der Waals surface area contributed by atoms with Gasteiger partial charge in [-0.2, -0.15) is 5.10 Å². The van der Waals surface area contributed by atoms with Gasteiger partial charge in [-0.3, -0.25) is 14.4 Å². The molecule has 0 spiro atoms. The van der Waals surface area contributed by atoms with Crippen LogP contribution in [0.3, 0.4) is 0 Å². The monoisotopic (exact) mass is 318 g/mol. The second-order valence-corrected chi connectivity index (χ2v) is 7.33. The summed E-state index contributed by atoms with van der Waals surface area (Å²) in [5, 5.41) is 4.23. The van der Waals surface area contributed by atoms with Crippen molar-refractivity contribution in [3.8, 4) is 0 Å². The Morgan fingerprint density at radius 2 is 2.09 bits per heavy atom. The van der Waals surface area contributed by atoms with E-state index in [1.165, 1.54) is 5.56 Å². The van der Waals surface area contributed by atoms with Crippen LogP contribution >= 0.6 is 0 Å². The molecule has 23 heavy (non-hydrogen) atoms. The molecule has 2 aliphatic heterocycles. The first kappa shape index (κ1) is 15.1. The lowest BCUT2D eigenvalue weighted by Gasteiger charge is -2.34. The topological polar surface area (TPSA) is 50.6 Å². The number of carbonyl (C=O) groups is 1. The van der Waals surface area contributed by atoms with Crippen LogP contribution in [0.5, 0.6) is 0 Å². The van der Waals surface area contributed by atoms with Gasteiger partial charge in [0, 0.05) is 51.4 Å². The minimum atomic E-state index is 0.176. The molecule has 0 bridgehead atoms. The van der Waals surface area contributed by atoms with Gasteiger partial charge >= 0.3 is 0 Å². The third kappa shape index (κ3) is 2.90. The highest BCUT2D eigenvalue weighted by Crippen LogP contribution is 2.48. The fourth-order valence-electron chi connectivity index (χ4n) is 4.22. The van der Waals surface area contributed by atoms with E-state index in [9.17, 15) is 4.79 Å². The maximum atomic E-state index is 12.8. The second-order valence-electron chi connectivity index (χ2n) is 7.33. The van der Waals surface area contributed by atoms with Crippen LogP contribution < -0.4 is 0 Å². The summed E-state index contributed by atoms with van der Waals surface area (Å²) in [5.41, 5.74) is 1.21. The number of likely N-dealkylation sites (tertiary alicyclic amines) is 1. The number of amides is 1. The second kappa shape index (κ2) is 5.91. The van der Waals surface area contributed by atoms with E-state index < -0.39 is 0 Å². The first-order valence-electron chi connectivity index (χ1n) is 8.72. The van der Waals surface area contributed by atoms with Crippen molar-refractivity contribution in [1.29, 1.82) is 0 Å². The average Bonchev–Trinajstić information content (AvgIpc) is 3.09. The molecule has 6 nitrogen and oxygen atoms in total. The van der Waals surface area contributed by atoms with Crippen molar-refractivity contribution in [3.63, 3.8) is 0 Å². The number of rotatable bonds is 3. The number of hydrogen-bond donors (Lipinski definition) is 0. The highest BCUT2D eigenvalue weighted by molar-refractivity contribution is 5.83. The molecule has 1 aliphatic carbocycles. The lowest BCUT2D eigenvalue weighted by molar-refractivity contribution is -0.131. The van der Waals surface area contributed by atoms with Crippen LogP contribution in [0.15, 0.2) is 12.4 Å². The standard InChI is InChI=1S/C17H26N4O2/c1-12-9-21(11-16(12)20-3-5-23-6-4-20)17(22)15-7-14(15)13-8-18-19(2)10-13/h8,10,12,14-16H,3-7,9,11H2,1-2H3. The first-order chi connectivity index (χ1) is 11.1. The minimum Gasteiger partial charge on any atom is -0.379 e. The lowest BCUT2D eigenvalue weighted by atomic mass is 10.0. The quantitative estimate of drug-likeness (QED) is 0.823. The van der Waals surface area contributed by atoms with E-state index in [1.54, 1.807) is 0 Å². The van der Waals surface area contributed by atoms with Crippen LogP contribution in [0.2, 0.25) is 0 Å². The van der Waals surface area contributed by atoms with E-state index in [2.05, 4.69) is 21.8 Å². The largest absolute Gasteiger partial charge is 0.379 e. The number of hydrogen-bond acceptors (Lipinski definition) is 4. The van der Waals surface area contributed by atoms with E-state index in [-0.39, 0.29) is 5.92 Å². The van der Waals surface area contributed by atoms with Crippen LogP contribution in [0, 0.1) is 11.8 Å². The Labute approximate surface area is 137 Å². The van der Waals surface area contributed by atoms with E-state index >= 15 is 0 Å². The lowest BCUT2D eigenvalue weighted by Crippen LogP contribution is -2.47. The van der Waals surface area contributed by atoms with Crippen molar-refractivity contribution in [2.45, 2.75) is 25.3 Å². The van der Waals surface area contributed by atoms with Crippen molar-refractivity contribution in [2.24, 2.45) is 18.9 Å². The molecule has 3 fully saturated rings. The number of aryl methyl sites for hydroxylation is 1. The molecule has 1 amide bonds. The van der Waals surface area contributed by atoms with E-state index in [4.69, 9.17) is 4.74 Å². The number of morpholine rings is 1. The maximum Gasteiger partial charge on any atom is 0.226 e. The molecular weight excluding hydrogens is 292 g/mol. The normalized spacial score (nSPS) is 34.8. The Balaban J connectivity index is 1.36. The van der Waals surface area contributed by atoms with Crippen molar-refractivity contribution in [2.75, 3.05) is 39.4 Å². The van der Waals surface area contributed by atoms with Gasteiger partial charge in [-0.15, -0.1) is 0 Å². The summed E-state index contributed by atoms with van der Waals surface area (Å²) in [6, 6.07) is 0.499. The number of ether oxygens (including phenoxy) is 1. The summed E-state index contributed by atoms with van der Waals surface area (Å²) in [4.78, 5) is 17.4. The summed E-state index contributed by atoms with van der Waals surface area (Å²) in [5.74, 6) is 1.46. The summed E-state index contributed by atoms with van der Waals surface area (Å²) >= 11 is 0. The maximum absolute atomic E-state index is 12.8. The van der Waals surface area contributed by atoms with Gasteiger partial charge in [0.2, 0.25) is 5.91 Å². The molecule has 6 heteroatoms. The first-order valence-corrected chi connectivity index (χ1v) is 8.72. The Kier molecular flexibility index (Phi) is 3.89. The van der Waals surface area contributed by atoms with Crippen LogP contribution in [0.1, 0.15) is 24.8 Å². The molecule has 0 N–H and O–H groups in total. The predicted molar refractivity (Wildman–Crippen MR) is 86.0 cm³/mol. The van der Waals surface area contributed by atoms with Gasteiger partial charge in [0.25, 0.3) is 0 Å². The molecule has 0 radical (unpaired) electrons. The molecule has 4 rings (SSSR count). The van der Waals surface area contributed by atoms with Gasteiger partial charge in [-0.05, 0) is 23.8 Å². The average molecular weight is 318 g/mol. The predicted octanol–water partition coefficient (Wildman–Crippen LogP) is 0.703.